The van der Waals surface area contributed by atoms with Gasteiger partial charge in [-0.15, -0.1) is 0 Å². The molecule has 1 amide bonds. The molecule has 0 bridgehead atoms. The molecule has 41 heavy (non-hydrogen) atoms. The highest BCUT2D eigenvalue weighted by Gasteiger charge is 2.24. The molecule has 2 atom stereocenters. The molecule has 7 heteroatoms. The molecule has 0 rings (SSSR count). The quantitative estimate of drug-likeness (QED) is 0.0434. The molecule has 0 aromatic rings. The maximum Gasteiger partial charge on any atom is 0.267 e. The molecule has 3 N–H and O–H groups in total. The number of nitrogens with one attached hydrogen (secondary N) is 1. The van der Waals surface area contributed by atoms with Gasteiger partial charge in [0.2, 0.25) is 5.91 Å². The summed E-state index contributed by atoms with van der Waals surface area (Å²) in [6, 6.07) is -1.07. The topological polar surface area (TPSA) is 104 Å². The average molecular weight is 600 g/mol. The Morgan fingerprint density at radius 1 is 0.634 bits per heavy atom. The summed E-state index contributed by atoms with van der Waals surface area (Å²) in [4.78, 5) is 12.4. The van der Waals surface area contributed by atoms with Crippen LogP contribution in [0, 0.1) is 0 Å². The number of aliphatic hydroxyl groups excluding tert-OH is 1. The molecule has 0 saturated heterocycles. The zero-order valence-corrected chi connectivity index (χ0v) is 27.5. The monoisotopic (exact) mass is 599 g/mol. The standard InChI is InChI=1S/C34H65NO5S/c1-3-5-7-9-11-13-14-15-16-17-18-19-20-22-23-25-27-29-33(36)32(31-41(38,39)40)35-34(37)30-28-26-24-21-12-10-8-6-4-2/h20,22,27,29,32-33,36H,3-19,21,23-26,28,30-31H2,1-2H3,(H,35,37)(H,38,39,40)/b22-20+,29-27+. The van der Waals surface area contributed by atoms with Gasteiger partial charge in [-0.2, -0.15) is 8.42 Å². The van der Waals surface area contributed by atoms with Crippen LogP contribution in [0.2, 0.25) is 0 Å². The highest BCUT2D eigenvalue weighted by molar-refractivity contribution is 7.85. The summed E-state index contributed by atoms with van der Waals surface area (Å²) in [5.74, 6) is -1.000. The van der Waals surface area contributed by atoms with Gasteiger partial charge in [0.05, 0.1) is 17.9 Å². The summed E-state index contributed by atoms with van der Waals surface area (Å²) in [7, 11) is -4.34. The lowest BCUT2D eigenvalue weighted by Crippen LogP contribution is -2.46. The van der Waals surface area contributed by atoms with Gasteiger partial charge in [-0.05, 0) is 32.1 Å². The van der Waals surface area contributed by atoms with Crippen molar-refractivity contribution in [3.63, 3.8) is 0 Å². The fourth-order valence-corrected chi connectivity index (χ4v) is 5.79. The van der Waals surface area contributed by atoms with Crippen LogP contribution < -0.4 is 5.32 Å². The van der Waals surface area contributed by atoms with Crippen molar-refractivity contribution in [2.24, 2.45) is 0 Å². The highest BCUT2D eigenvalue weighted by Crippen LogP contribution is 2.13. The van der Waals surface area contributed by atoms with Crippen molar-refractivity contribution in [1.82, 2.24) is 5.32 Å². The molecule has 0 aromatic carbocycles. The van der Waals surface area contributed by atoms with Gasteiger partial charge in [0.1, 0.15) is 0 Å². The third-order valence-electron chi connectivity index (χ3n) is 7.63. The predicted molar refractivity (Wildman–Crippen MR) is 175 cm³/mol. The van der Waals surface area contributed by atoms with Crippen LogP contribution in [0.15, 0.2) is 24.3 Å². The molecule has 0 aliphatic rings. The van der Waals surface area contributed by atoms with Crippen LogP contribution in [0.3, 0.4) is 0 Å². The summed E-state index contributed by atoms with van der Waals surface area (Å²) < 4.78 is 32.2. The van der Waals surface area contributed by atoms with Crippen LogP contribution in [-0.2, 0) is 14.9 Å². The first-order valence-electron chi connectivity index (χ1n) is 17.0. The molecule has 242 valence electrons. The summed E-state index contributed by atoms with van der Waals surface area (Å²) in [6.07, 6.45) is 34.5. The van der Waals surface area contributed by atoms with Crippen LogP contribution in [0.4, 0.5) is 0 Å². The third kappa shape index (κ3) is 30.1. The Morgan fingerprint density at radius 3 is 1.54 bits per heavy atom. The van der Waals surface area contributed by atoms with Crippen LogP contribution in [0.5, 0.6) is 0 Å². The van der Waals surface area contributed by atoms with E-state index in [0.29, 0.717) is 0 Å². The Labute approximate surface area is 254 Å². The molecule has 0 spiro atoms. The molecule has 0 saturated carbocycles. The van der Waals surface area contributed by atoms with E-state index in [4.69, 9.17) is 0 Å². The predicted octanol–water partition coefficient (Wildman–Crippen LogP) is 9.23. The molecule has 0 aromatic heterocycles. The van der Waals surface area contributed by atoms with Gasteiger partial charge in [-0.3, -0.25) is 9.35 Å². The molecule has 0 fully saturated rings. The van der Waals surface area contributed by atoms with Crippen molar-refractivity contribution in [3.05, 3.63) is 24.3 Å². The number of unbranched alkanes of at least 4 members (excludes halogenated alkanes) is 20. The van der Waals surface area contributed by atoms with Crippen LogP contribution in [0.25, 0.3) is 0 Å². The van der Waals surface area contributed by atoms with Gasteiger partial charge in [0.25, 0.3) is 10.1 Å². The first-order chi connectivity index (χ1) is 19.8. The molecule has 0 aliphatic carbocycles. The average Bonchev–Trinajstić information content (AvgIpc) is 2.92. The maximum absolute atomic E-state index is 12.4. The second kappa shape index (κ2) is 28.9. The van der Waals surface area contributed by atoms with E-state index in [-0.39, 0.29) is 12.3 Å². The van der Waals surface area contributed by atoms with E-state index in [1.165, 1.54) is 115 Å². The van der Waals surface area contributed by atoms with E-state index in [2.05, 4.69) is 31.3 Å². The smallest absolute Gasteiger partial charge is 0.267 e. The van der Waals surface area contributed by atoms with E-state index >= 15 is 0 Å². The van der Waals surface area contributed by atoms with Crippen LogP contribution in [0.1, 0.15) is 168 Å². The second-order valence-electron chi connectivity index (χ2n) is 11.8. The second-order valence-corrected chi connectivity index (χ2v) is 13.3. The van der Waals surface area contributed by atoms with Crippen molar-refractivity contribution < 1.29 is 22.9 Å². The van der Waals surface area contributed by atoms with E-state index in [9.17, 15) is 22.9 Å². The lowest BCUT2D eigenvalue weighted by atomic mass is 10.1. The summed E-state index contributed by atoms with van der Waals surface area (Å²) >= 11 is 0. The first kappa shape index (κ1) is 39.8. The largest absolute Gasteiger partial charge is 0.387 e. The minimum Gasteiger partial charge on any atom is -0.387 e. The van der Waals surface area contributed by atoms with Crippen LogP contribution >= 0.6 is 0 Å². The molecule has 0 heterocycles. The van der Waals surface area contributed by atoms with Crippen molar-refractivity contribution >= 4 is 16.0 Å². The Hall–Kier alpha value is -1.18. The number of allylic oxidation sites excluding steroid dienone is 3. The van der Waals surface area contributed by atoms with E-state index < -0.39 is 28.0 Å². The number of amides is 1. The number of aliphatic hydroxyl groups is 1. The summed E-state index contributed by atoms with van der Waals surface area (Å²) in [6.45, 7) is 4.47. The third-order valence-corrected chi connectivity index (χ3v) is 8.41. The fraction of sp³-hybridized carbons (Fsp3) is 0.853. The zero-order valence-electron chi connectivity index (χ0n) is 26.7. The molecule has 2 unspecified atom stereocenters. The van der Waals surface area contributed by atoms with Gasteiger partial charge in [0, 0.05) is 6.42 Å². The Balaban J connectivity index is 4.05. The van der Waals surface area contributed by atoms with Crippen molar-refractivity contribution in [3.8, 4) is 0 Å². The normalized spacial score (nSPS) is 13.8. The minimum atomic E-state index is -4.34. The van der Waals surface area contributed by atoms with Gasteiger partial charge in [-0.25, -0.2) is 0 Å². The van der Waals surface area contributed by atoms with Gasteiger partial charge in [-0.1, -0.05) is 154 Å². The van der Waals surface area contributed by atoms with Gasteiger partial charge >= 0.3 is 0 Å². The molecule has 6 nitrogen and oxygen atoms in total. The van der Waals surface area contributed by atoms with E-state index in [1.54, 1.807) is 6.08 Å². The van der Waals surface area contributed by atoms with Crippen molar-refractivity contribution in [2.45, 2.75) is 180 Å². The van der Waals surface area contributed by atoms with Crippen LogP contribution in [-0.4, -0.2) is 41.9 Å². The SMILES string of the molecule is CCCCCCCCCCCCC/C=C/CC/C=C/C(O)C(CS(=O)(=O)O)NC(=O)CCCCCCCCCCC. The molecular formula is C34H65NO5S. The number of hydrogen-bond acceptors (Lipinski definition) is 4. The van der Waals surface area contributed by atoms with Crippen molar-refractivity contribution in [2.75, 3.05) is 5.75 Å². The number of hydrogen-bond donors (Lipinski definition) is 3. The molecular weight excluding hydrogens is 534 g/mol. The van der Waals surface area contributed by atoms with Gasteiger partial charge in [0.15, 0.2) is 0 Å². The lowest BCUT2D eigenvalue weighted by Gasteiger charge is -2.21. The molecule has 0 radical (unpaired) electrons. The number of rotatable bonds is 30. The lowest BCUT2D eigenvalue weighted by molar-refractivity contribution is -0.122. The Morgan fingerprint density at radius 2 is 1.05 bits per heavy atom. The highest BCUT2D eigenvalue weighted by atomic mass is 32.2. The maximum atomic E-state index is 12.4. The summed E-state index contributed by atoms with van der Waals surface area (Å²) in [5, 5.41) is 13.1. The van der Waals surface area contributed by atoms with E-state index in [0.717, 1.165) is 38.5 Å². The fourth-order valence-electron chi connectivity index (χ4n) is 5.05. The summed E-state index contributed by atoms with van der Waals surface area (Å²) in [5.41, 5.74) is 0. The Bertz CT molecular complexity index is 750. The van der Waals surface area contributed by atoms with E-state index in [1.807, 2.05) is 0 Å². The molecule has 0 aliphatic heterocycles. The van der Waals surface area contributed by atoms with Crippen molar-refractivity contribution in [1.29, 1.82) is 0 Å². The number of carbonyl (C=O) groups excluding carboxylic acids is 1. The first-order valence-corrected chi connectivity index (χ1v) is 18.6. The zero-order chi connectivity index (χ0) is 30.4. The van der Waals surface area contributed by atoms with Gasteiger partial charge < -0.3 is 10.4 Å². The Kier molecular flexibility index (Phi) is 28.1. The number of carbonyl (C=O) groups is 1. The minimum absolute atomic E-state index is 0.290.